The van der Waals surface area contributed by atoms with Crippen molar-refractivity contribution < 1.29 is 33.4 Å². The zero-order valence-corrected chi connectivity index (χ0v) is 19.7. The Morgan fingerprint density at radius 3 is 2.50 bits per heavy atom. The molecule has 0 bridgehead atoms. The molecule has 7 heteroatoms. The second-order valence-electron chi connectivity index (χ2n) is 9.26. The van der Waals surface area contributed by atoms with Gasteiger partial charge in [-0.05, 0) is 63.7 Å². The van der Waals surface area contributed by atoms with Gasteiger partial charge in [0.2, 0.25) is 0 Å². The summed E-state index contributed by atoms with van der Waals surface area (Å²) in [6.07, 6.45) is 2.90. The Balaban J connectivity index is 2.21. The zero-order valence-electron chi connectivity index (χ0n) is 19.7. The first-order valence-electron chi connectivity index (χ1n) is 11.2. The predicted molar refractivity (Wildman–Crippen MR) is 116 cm³/mol. The maximum absolute atomic E-state index is 13.1. The number of allylic oxidation sites excluding steroid dienone is 2. The molecule has 0 aromatic carbocycles. The summed E-state index contributed by atoms with van der Waals surface area (Å²) in [7, 11) is 0. The average Bonchev–Trinajstić information content (AvgIpc) is 2.97. The summed E-state index contributed by atoms with van der Waals surface area (Å²) in [6, 6.07) is 0. The van der Waals surface area contributed by atoms with E-state index in [2.05, 4.69) is 0 Å². The lowest BCUT2D eigenvalue weighted by atomic mass is 9.59. The van der Waals surface area contributed by atoms with Gasteiger partial charge in [-0.15, -0.1) is 0 Å². The number of ether oxygens (including phenoxy) is 3. The standard InChI is InChI=1S/C25H32O7/c1-7-22(28)32-21-9-8-13(2)10-20-17(15(4)24(29)31-20)12-18-14(3)11-19(27)23(25(18,21)6)30-16(5)26/h10-11,18,20-21,23H,7-9,12H2,1-6H3/b13-10-/t18?,20-,21+,23-,25-/m0/s1. The minimum Gasteiger partial charge on any atom is -0.462 e. The van der Waals surface area contributed by atoms with Crippen LogP contribution in [0.25, 0.3) is 0 Å². The molecular weight excluding hydrogens is 412 g/mol. The molecule has 32 heavy (non-hydrogen) atoms. The monoisotopic (exact) mass is 444 g/mol. The SMILES string of the molecule is CCC(=O)O[C@@H]1CC/C(C)=C\[C@@H]2OC(=O)C(C)=C2CC2C(C)=CC(=O)[C@H](OC(C)=O)[C@@]21C. The van der Waals surface area contributed by atoms with Gasteiger partial charge in [-0.2, -0.15) is 0 Å². The van der Waals surface area contributed by atoms with E-state index in [9.17, 15) is 19.2 Å². The molecule has 0 saturated carbocycles. The number of ketones is 1. The van der Waals surface area contributed by atoms with Gasteiger partial charge in [-0.1, -0.05) is 25.0 Å². The van der Waals surface area contributed by atoms with Gasteiger partial charge in [0.25, 0.3) is 0 Å². The highest BCUT2D eigenvalue weighted by Crippen LogP contribution is 2.51. The van der Waals surface area contributed by atoms with Crippen molar-refractivity contribution in [2.75, 3.05) is 0 Å². The van der Waals surface area contributed by atoms with Crippen molar-refractivity contribution >= 4 is 23.7 Å². The summed E-state index contributed by atoms with van der Waals surface area (Å²) in [4.78, 5) is 49.8. The fourth-order valence-corrected chi connectivity index (χ4v) is 5.19. The first kappa shape index (κ1) is 24.0. The molecule has 0 aromatic rings. The Morgan fingerprint density at radius 1 is 1.19 bits per heavy atom. The van der Waals surface area contributed by atoms with Crippen molar-refractivity contribution in [3.05, 3.63) is 34.4 Å². The number of carbonyl (C=O) groups excluding carboxylic acids is 4. The number of rotatable bonds is 3. The normalized spacial score (nSPS) is 34.4. The molecule has 0 spiro atoms. The topological polar surface area (TPSA) is 96.0 Å². The molecule has 1 aliphatic heterocycles. The fraction of sp³-hybridized carbons (Fsp3) is 0.600. The largest absolute Gasteiger partial charge is 0.462 e. The van der Waals surface area contributed by atoms with Gasteiger partial charge in [0, 0.05) is 18.9 Å². The van der Waals surface area contributed by atoms with Crippen molar-refractivity contribution in [2.45, 2.75) is 85.5 Å². The van der Waals surface area contributed by atoms with Crippen molar-refractivity contribution in [1.29, 1.82) is 0 Å². The van der Waals surface area contributed by atoms with Gasteiger partial charge in [-0.3, -0.25) is 14.4 Å². The van der Waals surface area contributed by atoms with Crippen molar-refractivity contribution in [1.82, 2.24) is 0 Å². The van der Waals surface area contributed by atoms with Crippen LogP contribution >= 0.6 is 0 Å². The zero-order chi connectivity index (χ0) is 23.8. The third-order valence-electron chi connectivity index (χ3n) is 7.06. The average molecular weight is 445 g/mol. The van der Waals surface area contributed by atoms with E-state index in [0.717, 1.165) is 16.7 Å². The second kappa shape index (κ2) is 9.04. The molecule has 1 unspecified atom stereocenters. The summed E-state index contributed by atoms with van der Waals surface area (Å²) in [6.45, 7) is 10.4. The van der Waals surface area contributed by atoms with Crippen LogP contribution < -0.4 is 0 Å². The Kier molecular flexibility index (Phi) is 6.77. The van der Waals surface area contributed by atoms with Crippen LogP contribution in [0.15, 0.2) is 34.4 Å². The quantitative estimate of drug-likeness (QED) is 0.371. The predicted octanol–water partition coefficient (Wildman–Crippen LogP) is 3.76. The molecule has 7 nitrogen and oxygen atoms in total. The van der Waals surface area contributed by atoms with Crippen LogP contribution in [0.2, 0.25) is 0 Å². The number of hydrogen-bond acceptors (Lipinski definition) is 7. The van der Waals surface area contributed by atoms with Crippen LogP contribution in [0, 0.1) is 11.3 Å². The Morgan fingerprint density at radius 2 is 1.88 bits per heavy atom. The number of carbonyl (C=O) groups is 4. The summed E-state index contributed by atoms with van der Waals surface area (Å²) in [5, 5.41) is 0. The van der Waals surface area contributed by atoms with Crippen LogP contribution in [-0.4, -0.2) is 42.0 Å². The van der Waals surface area contributed by atoms with E-state index < -0.39 is 29.7 Å². The van der Waals surface area contributed by atoms with Crippen LogP contribution in [0.3, 0.4) is 0 Å². The first-order chi connectivity index (χ1) is 15.0. The van der Waals surface area contributed by atoms with Crippen molar-refractivity contribution in [3.8, 4) is 0 Å². The molecule has 5 atom stereocenters. The van der Waals surface area contributed by atoms with Crippen LogP contribution in [0.5, 0.6) is 0 Å². The number of hydrogen-bond donors (Lipinski definition) is 0. The van der Waals surface area contributed by atoms with Crippen LogP contribution in [0.4, 0.5) is 0 Å². The van der Waals surface area contributed by atoms with E-state index >= 15 is 0 Å². The molecule has 2 aliphatic carbocycles. The van der Waals surface area contributed by atoms with E-state index in [-0.39, 0.29) is 30.1 Å². The van der Waals surface area contributed by atoms with Gasteiger partial charge in [-0.25, -0.2) is 4.79 Å². The van der Waals surface area contributed by atoms with E-state index in [1.807, 2.05) is 26.8 Å². The second-order valence-corrected chi connectivity index (χ2v) is 9.26. The molecule has 0 N–H and O–H groups in total. The molecule has 0 aromatic heterocycles. The lowest BCUT2D eigenvalue weighted by Crippen LogP contribution is -2.57. The van der Waals surface area contributed by atoms with Crippen molar-refractivity contribution in [3.63, 3.8) is 0 Å². The molecule has 3 rings (SSSR count). The minimum absolute atomic E-state index is 0.196. The van der Waals surface area contributed by atoms with Gasteiger partial charge >= 0.3 is 17.9 Å². The van der Waals surface area contributed by atoms with E-state index in [1.165, 1.54) is 13.0 Å². The molecule has 0 fully saturated rings. The molecule has 3 aliphatic rings. The van der Waals surface area contributed by atoms with Gasteiger partial charge in [0.1, 0.15) is 12.2 Å². The Bertz CT molecular complexity index is 938. The van der Waals surface area contributed by atoms with Crippen LogP contribution in [-0.2, 0) is 33.4 Å². The summed E-state index contributed by atoms with van der Waals surface area (Å²) < 4.78 is 17.1. The van der Waals surface area contributed by atoms with Gasteiger partial charge in [0.05, 0.1) is 5.41 Å². The third-order valence-corrected chi connectivity index (χ3v) is 7.06. The highest BCUT2D eigenvalue weighted by molar-refractivity contribution is 5.97. The molecule has 0 radical (unpaired) electrons. The summed E-state index contributed by atoms with van der Waals surface area (Å²) >= 11 is 0. The lowest BCUT2D eigenvalue weighted by molar-refractivity contribution is -0.183. The summed E-state index contributed by atoms with van der Waals surface area (Å²) in [5.74, 6) is -1.92. The van der Waals surface area contributed by atoms with Gasteiger partial charge in [0.15, 0.2) is 11.9 Å². The third kappa shape index (κ3) is 4.30. The smallest absolute Gasteiger partial charge is 0.334 e. The highest BCUT2D eigenvalue weighted by atomic mass is 16.6. The maximum Gasteiger partial charge on any atom is 0.334 e. The van der Waals surface area contributed by atoms with Gasteiger partial charge < -0.3 is 14.2 Å². The number of fused-ring (bicyclic) bond motifs is 2. The Labute approximate surface area is 188 Å². The van der Waals surface area contributed by atoms with Crippen molar-refractivity contribution in [2.24, 2.45) is 11.3 Å². The molecule has 0 amide bonds. The highest BCUT2D eigenvalue weighted by Gasteiger charge is 2.56. The molecule has 1 heterocycles. The van der Waals surface area contributed by atoms with E-state index in [1.54, 1.807) is 13.8 Å². The molecule has 0 saturated heterocycles. The van der Waals surface area contributed by atoms with Crippen LogP contribution in [0.1, 0.15) is 67.2 Å². The first-order valence-corrected chi connectivity index (χ1v) is 11.2. The fourth-order valence-electron chi connectivity index (χ4n) is 5.19. The minimum atomic E-state index is -1.09. The Hall–Kier alpha value is -2.70. The van der Waals surface area contributed by atoms with E-state index in [0.29, 0.717) is 24.8 Å². The summed E-state index contributed by atoms with van der Waals surface area (Å²) in [5.41, 5.74) is 2.19. The lowest BCUT2D eigenvalue weighted by Gasteiger charge is -2.49. The molecule has 174 valence electrons. The van der Waals surface area contributed by atoms with E-state index in [4.69, 9.17) is 14.2 Å². The molecular formula is C25H32O7. The number of esters is 3. The maximum atomic E-state index is 13.1.